The Balaban J connectivity index is 1.24. The molecular formula is C20H23FN4O4. The Morgan fingerprint density at radius 1 is 1.10 bits per heavy atom. The minimum Gasteiger partial charge on any atom is -0.368 e. The standard InChI is InChI=1S/C20H23FN4O4/c21-15-5-3-14(4-6-15)19-22-17(29-23-19)7-8-18(26)24-9-11-25(12-10-24)20(27)16-2-1-13-28-16/h3-6,16H,1-2,7-13H2. The van der Waals surface area contributed by atoms with Crippen molar-refractivity contribution < 1.29 is 23.2 Å². The van der Waals surface area contributed by atoms with Gasteiger partial charge in [-0.3, -0.25) is 9.59 Å². The van der Waals surface area contributed by atoms with E-state index in [2.05, 4.69) is 10.1 Å². The summed E-state index contributed by atoms with van der Waals surface area (Å²) >= 11 is 0. The van der Waals surface area contributed by atoms with Gasteiger partial charge in [0.1, 0.15) is 11.9 Å². The van der Waals surface area contributed by atoms with Crippen LogP contribution in [0.25, 0.3) is 11.4 Å². The van der Waals surface area contributed by atoms with Crippen molar-refractivity contribution >= 4 is 11.8 Å². The van der Waals surface area contributed by atoms with Crippen molar-refractivity contribution in [2.24, 2.45) is 0 Å². The van der Waals surface area contributed by atoms with Crippen LogP contribution in [0.5, 0.6) is 0 Å². The van der Waals surface area contributed by atoms with Gasteiger partial charge in [-0.2, -0.15) is 4.98 Å². The molecule has 2 amide bonds. The van der Waals surface area contributed by atoms with Gasteiger partial charge in [-0.15, -0.1) is 0 Å². The first-order chi connectivity index (χ1) is 14.1. The first-order valence-corrected chi connectivity index (χ1v) is 9.87. The number of aryl methyl sites for hydroxylation is 1. The summed E-state index contributed by atoms with van der Waals surface area (Å²) in [6, 6.07) is 5.81. The number of carbonyl (C=O) groups excluding carboxylic acids is 2. The van der Waals surface area contributed by atoms with Crippen LogP contribution in [0.3, 0.4) is 0 Å². The van der Waals surface area contributed by atoms with E-state index in [-0.39, 0.29) is 30.2 Å². The van der Waals surface area contributed by atoms with E-state index in [0.29, 0.717) is 56.5 Å². The molecule has 0 bridgehead atoms. The molecule has 0 spiro atoms. The average molecular weight is 402 g/mol. The lowest BCUT2D eigenvalue weighted by atomic mass is 10.2. The van der Waals surface area contributed by atoms with Crippen molar-refractivity contribution in [3.8, 4) is 11.4 Å². The molecule has 2 aliphatic rings. The fourth-order valence-corrected chi connectivity index (χ4v) is 3.60. The second-order valence-electron chi connectivity index (χ2n) is 7.23. The number of carbonyl (C=O) groups is 2. The van der Waals surface area contributed by atoms with Crippen LogP contribution in [-0.4, -0.2) is 70.6 Å². The van der Waals surface area contributed by atoms with Gasteiger partial charge in [0.05, 0.1) is 0 Å². The zero-order valence-corrected chi connectivity index (χ0v) is 16.1. The van der Waals surface area contributed by atoms with Gasteiger partial charge in [-0.25, -0.2) is 4.39 Å². The van der Waals surface area contributed by atoms with Crippen LogP contribution in [0.4, 0.5) is 4.39 Å². The predicted molar refractivity (Wildman–Crippen MR) is 100 cm³/mol. The smallest absolute Gasteiger partial charge is 0.251 e. The number of aromatic nitrogens is 2. The van der Waals surface area contributed by atoms with Crippen LogP contribution >= 0.6 is 0 Å². The van der Waals surface area contributed by atoms with Crippen molar-refractivity contribution in [1.29, 1.82) is 0 Å². The van der Waals surface area contributed by atoms with Gasteiger partial charge in [-0.1, -0.05) is 5.16 Å². The fourth-order valence-electron chi connectivity index (χ4n) is 3.60. The number of rotatable bonds is 5. The molecule has 4 rings (SSSR count). The summed E-state index contributed by atoms with van der Waals surface area (Å²) in [7, 11) is 0. The lowest BCUT2D eigenvalue weighted by Crippen LogP contribution is -2.52. The topological polar surface area (TPSA) is 88.8 Å². The maximum atomic E-state index is 13.0. The number of hydrogen-bond donors (Lipinski definition) is 0. The van der Waals surface area contributed by atoms with E-state index in [0.717, 1.165) is 12.8 Å². The summed E-state index contributed by atoms with van der Waals surface area (Å²) in [5, 5.41) is 3.88. The lowest BCUT2D eigenvalue weighted by Gasteiger charge is -2.35. The van der Waals surface area contributed by atoms with E-state index in [1.807, 2.05) is 0 Å². The summed E-state index contributed by atoms with van der Waals surface area (Å²) in [6.07, 6.45) is 1.98. The van der Waals surface area contributed by atoms with Crippen LogP contribution in [-0.2, 0) is 20.7 Å². The molecule has 2 fully saturated rings. The van der Waals surface area contributed by atoms with E-state index >= 15 is 0 Å². The Morgan fingerprint density at radius 2 is 1.83 bits per heavy atom. The highest BCUT2D eigenvalue weighted by molar-refractivity contribution is 5.82. The highest BCUT2D eigenvalue weighted by Crippen LogP contribution is 2.18. The Hall–Kier alpha value is -2.81. The summed E-state index contributed by atoms with van der Waals surface area (Å²) in [4.78, 5) is 32.7. The predicted octanol–water partition coefficient (Wildman–Crippen LogP) is 1.66. The highest BCUT2D eigenvalue weighted by atomic mass is 19.1. The third kappa shape index (κ3) is 4.61. The van der Waals surface area contributed by atoms with Crippen molar-refractivity contribution in [2.45, 2.75) is 31.8 Å². The number of amides is 2. The van der Waals surface area contributed by atoms with Gasteiger partial charge < -0.3 is 19.1 Å². The molecule has 2 aromatic rings. The highest BCUT2D eigenvalue weighted by Gasteiger charge is 2.31. The molecule has 9 heteroatoms. The molecule has 1 aromatic carbocycles. The largest absolute Gasteiger partial charge is 0.368 e. The molecule has 1 atom stereocenters. The van der Waals surface area contributed by atoms with E-state index in [9.17, 15) is 14.0 Å². The quantitative estimate of drug-likeness (QED) is 0.756. The van der Waals surface area contributed by atoms with Crippen molar-refractivity contribution in [2.75, 3.05) is 32.8 Å². The van der Waals surface area contributed by atoms with Gasteiger partial charge in [0.15, 0.2) is 0 Å². The molecule has 1 aromatic heterocycles. The van der Waals surface area contributed by atoms with Crippen LogP contribution in [0.2, 0.25) is 0 Å². The van der Waals surface area contributed by atoms with Gasteiger partial charge >= 0.3 is 0 Å². The number of halogens is 1. The average Bonchev–Trinajstić information content (AvgIpc) is 3.44. The van der Waals surface area contributed by atoms with Gasteiger partial charge in [0.2, 0.25) is 17.6 Å². The Morgan fingerprint density at radius 3 is 2.52 bits per heavy atom. The number of nitrogens with zero attached hydrogens (tertiary/aromatic N) is 4. The Labute approximate surface area is 167 Å². The molecule has 0 radical (unpaired) electrons. The van der Waals surface area contributed by atoms with Crippen molar-refractivity contribution in [3.63, 3.8) is 0 Å². The molecule has 0 N–H and O–H groups in total. The number of piperazine rings is 1. The maximum Gasteiger partial charge on any atom is 0.251 e. The number of hydrogen-bond acceptors (Lipinski definition) is 6. The Bertz CT molecular complexity index is 856. The summed E-state index contributed by atoms with van der Waals surface area (Å²) in [5.41, 5.74) is 0.653. The Kier molecular flexibility index (Phi) is 5.84. The second kappa shape index (κ2) is 8.69. The summed E-state index contributed by atoms with van der Waals surface area (Å²) < 4.78 is 23.7. The molecule has 2 saturated heterocycles. The zero-order chi connectivity index (χ0) is 20.2. The maximum absolute atomic E-state index is 13.0. The molecule has 154 valence electrons. The number of ether oxygens (including phenoxy) is 1. The molecule has 3 heterocycles. The fraction of sp³-hybridized carbons (Fsp3) is 0.500. The van der Waals surface area contributed by atoms with Gasteiger partial charge in [0, 0.05) is 51.2 Å². The van der Waals surface area contributed by atoms with Crippen LogP contribution in [0.1, 0.15) is 25.2 Å². The number of benzene rings is 1. The first kappa shape index (κ1) is 19.5. The summed E-state index contributed by atoms with van der Waals surface area (Å²) in [6.45, 7) is 2.73. The molecule has 2 aliphatic heterocycles. The molecular weight excluding hydrogens is 379 g/mol. The zero-order valence-electron chi connectivity index (χ0n) is 16.1. The van der Waals surface area contributed by atoms with E-state index < -0.39 is 0 Å². The van der Waals surface area contributed by atoms with Crippen molar-refractivity contribution in [3.05, 3.63) is 36.0 Å². The monoisotopic (exact) mass is 402 g/mol. The van der Waals surface area contributed by atoms with Crippen LogP contribution in [0.15, 0.2) is 28.8 Å². The summed E-state index contributed by atoms with van der Waals surface area (Å²) in [5.74, 6) is 0.434. The third-order valence-electron chi connectivity index (χ3n) is 5.27. The van der Waals surface area contributed by atoms with Gasteiger partial charge in [0.25, 0.3) is 5.91 Å². The van der Waals surface area contributed by atoms with Crippen LogP contribution < -0.4 is 0 Å². The molecule has 0 aliphatic carbocycles. The molecule has 0 saturated carbocycles. The normalized spacial score (nSPS) is 19.6. The third-order valence-corrected chi connectivity index (χ3v) is 5.27. The molecule has 29 heavy (non-hydrogen) atoms. The van der Waals surface area contributed by atoms with Gasteiger partial charge in [-0.05, 0) is 37.1 Å². The van der Waals surface area contributed by atoms with Crippen molar-refractivity contribution in [1.82, 2.24) is 19.9 Å². The minimum absolute atomic E-state index is 0.00394. The molecule has 1 unspecified atom stereocenters. The van der Waals surface area contributed by atoms with E-state index in [4.69, 9.17) is 9.26 Å². The van der Waals surface area contributed by atoms with E-state index in [1.165, 1.54) is 12.1 Å². The minimum atomic E-state index is -0.333. The lowest BCUT2D eigenvalue weighted by molar-refractivity contribution is -0.146. The second-order valence-corrected chi connectivity index (χ2v) is 7.23. The molecule has 8 nitrogen and oxygen atoms in total. The first-order valence-electron chi connectivity index (χ1n) is 9.87. The SMILES string of the molecule is O=C(CCc1nc(-c2ccc(F)cc2)no1)N1CCN(C(=O)C2CCCO2)CC1. The van der Waals surface area contributed by atoms with E-state index in [1.54, 1.807) is 21.9 Å². The van der Waals surface area contributed by atoms with Crippen LogP contribution in [0, 0.1) is 5.82 Å².